The number of esters is 1. The van der Waals surface area contributed by atoms with Crippen molar-refractivity contribution in [2.75, 3.05) is 17.6 Å². The molecule has 114 valence electrons. The second-order valence-corrected chi connectivity index (χ2v) is 7.26. The minimum absolute atomic E-state index is 0.237. The maximum absolute atomic E-state index is 11.8. The summed E-state index contributed by atoms with van der Waals surface area (Å²) >= 11 is 2.95. The lowest BCUT2D eigenvalue weighted by molar-refractivity contribution is -0.151. The monoisotopic (exact) mass is 325 g/mol. The van der Waals surface area contributed by atoms with Crippen molar-refractivity contribution in [3.8, 4) is 0 Å². The Labute approximate surface area is 132 Å². The normalized spacial score (nSPS) is 11.6. The molecular weight excluding hydrogens is 306 g/mol. The molecular formula is C14H19N3O2S2. The van der Waals surface area contributed by atoms with Gasteiger partial charge >= 0.3 is 5.97 Å². The fraction of sp³-hybridized carbons (Fsp3) is 0.500. The van der Waals surface area contributed by atoms with E-state index in [1.807, 2.05) is 39.1 Å². The first-order valence-corrected chi connectivity index (χ1v) is 8.59. The summed E-state index contributed by atoms with van der Waals surface area (Å²) in [6.45, 7) is 8.34. The number of ether oxygens (including phenoxy) is 1. The second-order valence-electron chi connectivity index (χ2n) is 5.40. The molecule has 0 saturated heterocycles. The van der Waals surface area contributed by atoms with E-state index in [0.29, 0.717) is 5.95 Å². The van der Waals surface area contributed by atoms with Gasteiger partial charge in [-0.3, -0.25) is 4.79 Å². The zero-order valence-electron chi connectivity index (χ0n) is 12.6. The first-order chi connectivity index (χ1) is 9.89. The highest BCUT2D eigenvalue weighted by Crippen LogP contribution is 2.30. The van der Waals surface area contributed by atoms with E-state index in [4.69, 9.17) is 4.74 Å². The summed E-state index contributed by atoms with van der Waals surface area (Å²) in [5, 5.41) is 6.88. The average molecular weight is 325 g/mol. The van der Waals surface area contributed by atoms with Gasteiger partial charge in [0.1, 0.15) is 15.5 Å². The Morgan fingerprint density at radius 3 is 2.86 bits per heavy atom. The summed E-state index contributed by atoms with van der Waals surface area (Å²) in [6.07, 6.45) is 0. The van der Waals surface area contributed by atoms with Crippen molar-refractivity contribution >= 4 is 45.2 Å². The van der Waals surface area contributed by atoms with E-state index in [-0.39, 0.29) is 11.7 Å². The Balaban J connectivity index is 2.13. The molecule has 2 aromatic heterocycles. The van der Waals surface area contributed by atoms with Crippen molar-refractivity contribution in [1.82, 2.24) is 9.97 Å². The van der Waals surface area contributed by atoms with Crippen LogP contribution in [-0.2, 0) is 9.53 Å². The standard InChI is InChI=1S/C14H19N3O2S2/c1-5-15-13-16-11-9(6-7-20-11)12(17-13)21-8-10(18)19-14(2,3)4/h6-7H,5,8H2,1-4H3,(H,15,16,17). The zero-order valence-corrected chi connectivity index (χ0v) is 14.2. The molecule has 0 atom stereocenters. The molecule has 0 unspecified atom stereocenters. The number of thiophene rings is 1. The van der Waals surface area contributed by atoms with Crippen molar-refractivity contribution < 1.29 is 9.53 Å². The Kier molecular flexibility index (Phi) is 5.05. The van der Waals surface area contributed by atoms with Gasteiger partial charge < -0.3 is 10.1 Å². The summed E-state index contributed by atoms with van der Waals surface area (Å²) in [7, 11) is 0. The largest absolute Gasteiger partial charge is 0.459 e. The number of hydrogen-bond acceptors (Lipinski definition) is 7. The third kappa shape index (κ3) is 4.57. The topological polar surface area (TPSA) is 64.1 Å². The molecule has 0 fully saturated rings. The minimum Gasteiger partial charge on any atom is -0.459 e. The second kappa shape index (κ2) is 6.62. The molecule has 1 N–H and O–H groups in total. The average Bonchev–Trinajstić information content (AvgIpc) is 2.82. The number of nitrogens with zero attached hydrogens (tertiary/aromatic N) is 2. The van der Waals surface area contributed by atoms with Crippen LogP contribution < -0.4 is 5.32 Å². The predicted molar refractivity (Wildman–Crippen MR) is 88.1 cm³/mol. The van der Waals surface area contributed by atoms with E-state index in [0.717, 1.165) is 21.8 Å². The quantitative estimate of drug-likeness (QED) is 0.515. The van der Waals surface area contributed by atoms with Crippen LogP contribution in [0.3, 0.4) is 0 Å². The first kappa shape index (κ1) is 16.0. The highest BCUT2D eigenvalue weighted by atomic mass is 32.2. The lowest BCUT2D eigenvalue weighted by atomic mass is 10.2. The van der Waals surface area contributed by atoms with Crippen LogP contribution in [0.25, 0.3) is 10.2 Å². The highest BCUT2D eigenvalue weighted by Gasteiger charge is 2.17. The van der Waals surface area contributed by atoms with Gasteiger partial charge in [0.15, 0.2) is 0 Å². The van der Waals surface area contributed by atoms with Gasteiger partial charge in [0.25, 0.3) is 0 Å². The van der Waals surface area contributed by atoms with E-state index >= 15 is 0 Å². The van der Waals surface area contributed by atoms with Gasteiger partial charge in [-0.2, -0.15) is 0 Å². The van der Waals surface area contributed by atoms with Crippen LogP contribution in [0.2, 0.25) is 0 Å². The molecule has 5 nitrogen and oxygen atoms in total. The Hall–Kier alpha value is -1.34. The van der Waals surface area contributed by atoms with Crippen LogP contribution in [0.5, 0.6) is 0 Å². The summed E-state index contributed by atoms with van der Waals surface area (Å²) in [5.74, 6) is 0.601. The Morgan fingerprint density at radius 2 is 2.19 bits per heavy atom. The van der Waals surface area contributed by atoms with Crippen molar-refractivity contribution in [2.45, 2.75) is 38.3 Å². The maximum atomic E-state index is 11.8. The third-order valence-corrected chi connectivity index (χ3v) is 4.14. The molecule has 0 aliphatic rings. The molecule has 2 rings (SSSR count). The Bertz CT molecular complexity index is 635. The molecule has 2 aromatic rings. The number of nitrogens with one attached hydrogen (secondary N) is 1. The van der Waals surface area contributed by atoms with Gasteiger partial charge in [0.2, 0.25) is 5.95 Å². The van der Waals surface area contributed by atoms with Gasteiger partial charge in [-0.1, -0.05) is 11.8 Å². The Morgan fingerprint density at radius 1 is 1.43 bits per heavy atom. The third-order valence-electron chi connectivity index (χ3n) is 2.37. The van der Waals surface area contributed by atoms with Crippen molar-refractivity contribution in [2.24, 2.45) is 0 Å². The summed E-state index contributed by atoms with van der Waals surface area (Å²) in [4.78, 5) is 21.7. The zero-order chi connectivity index (χ0) is 15.5. The maximum Gasteiger partial charge on any atom is 0.316 e. The highest BCUT2D eigenvalue weighted by molar-refractivity contribution is 8.00. The van der Waals surface area contributed by atoms with Gasteiger partial charge in [-0.05, 0) is 39.1 Å². The van der Waals surface area contributed by atoms with Crippen LogP contribution in [0.1, 0.15) is 27.7 Å². The minimum atomic E-state index is -0.462. The van der Waals surface area contributed by atoms with Gasteiger partial charge in [-0.15, -0.1) is 11.3 Å². The molecule has 0 saturated carbocycles. The van der Waals surface area contributed by atoms with E-state index in [2.05, 4.69) is 15.3 Å². The molecule has 21 heavy (non-hydrogen) atoms. The van der Waals surface area contributed by atoms with Crippen LogP contribution in [0.4, 0.5) is 5.95 Å². The van der Waals surface area contributed by atoms with Crippen molar-refractivity contribution in [3.05, 3.63) is 11.4 Å². The fourth-order valence-electron chi connectivity index (χ4n) is 1.67. The molecule has 0 aliphatic heterocycles. The lowest BCUT2D eigenvalue weighted by Crippen LogP contribution is -2.24. The van der Waals surface area contributed by atoms with E-state index in [9.17, 15) is 4.79 Å². The molecule has 0 spiro atoms. The smallest absolute Gasteiger partial charge is 0.316 e. The van der Waals surface area contributed by atoms with Gasteiger partial charge in [-0.25, -0.2) is 9.97 Å². The summed E-state index contributed by atoms with van der Waals surface area (Å²) < 4.78 is 5.31. The SMILES string of the molecule is CCNc1nc(SCC(=O)OC(C)(C)C)c2ccsc2n1. The first-order valence-electron chi connectivity index (χ1n) is 6.73. The number of anilines is 1. The molecule has 0 amide bonds. The summed E-state index contributed by atoms with van der Waals surface area (Å²) in [6, 6.07) is 1.98. The van der Waals surface area contributed by atoms with Crippen LogP contribution in [0, 0.1) is 0 Å². The molecule has 0 bridgehead atoms. The van der Waals surface area contributed by atoms with Gasteiger partial charge in [0.05, 0.1) is 5.75 Å². The van der Waals surface area contributed by atoms with Crippen molar-refractivity contribution in [3.63, 3.8) is 0 Å². The van der Waals surface area contributed by atoms with E-state index < -0.39 is 5.60 Å². The molecule has 0 aliphatic carbocycles. The lowest BCUT2D eigenvalue weighted by Gasteiger charge is -2.19. The number of fused-ring (bicyclic) bond motifs is 1. The summed E-state index contributed by atoms with van der Waals surface area (Å²) in [5.41, 5.74) is -0.462. The number of rotatable bonds is 5. The predicted octanol–water partition coefficient (Wildman–Crippen LogP) is 3.56. The van der Waals surface area contributed by atoms with Crippen LogP contribution >= 0.6 is 23.1 Å². The molecule has 2 heterocycles. The fourth-order valence-corrected chi connectivity index (χ4v) is 3.29. The van der Waals surface area contributed by atoms with Crippen LogP contribution in [-0.4, -0.2) is 33.8 Å². The van der Waals surface area contributed by atoms with Crippen LogP contribution in [0.15, 0.2) is 16.5 Å². The molecule has 0 radical (unpaired) electrons. The number of thioether (sulfide) groups is 1. The van der Waals surface area contributed by atoms with E-state index in [1.165, 1.54) is 11.8 Å². The molecule has 0 aromatic carbocycles. The van der Waals surface area contributed by atoms with Crippen molar-refractivity contribution in [1.29, 1.82) is 0 Å². The number of aromatic nitrogens is 2. The number of carbonyl (C=O) groups excluding carboxylic acids is 1. The number of carbonyl (C=O) groups is 1. The number of hydrogen-bond donors (Lipinski definition) is 1. The molecule has 7 heteroatoms. The van der Waals surface area contributed by atoms with Gasteiger partial charge in [0, 0.05) is 11.9 Å². The van der Waals surface area contributed by atoms with E-state index in [1.54, 1.807) is 11.3 Å².